The summed E-state index contributed by atoms with van der Waals surface area (Å²) in [6.07, 6.45) is 0.393. The van der Waals surface area contributed by atoms with Crippen LogP contribution in [0, 0.1) is 0 Å². The summed E-state index contributed by atoms with van der Waals surface area (Å²) in [5.74, 6) is 1.70. The lowest BCUT2D eigenvalue weighted by Crippen LogP contribution is -2.15. The number of amidine groups is 1. The third-order valence-corrected chi connectivity index (χ3v) is 1.89. The molecular formula is C11H16N2O3. The number of nitrogens with two attached hydrogens (primary N) is 1. The van der Waals surface area contributed by atoms with Gasteiger partial charge in [0.05, 0.1) is 13.2 Å². The van der Waals surface area contributed by atoms with Crippen molar-refractivity contribution < 1.29 is 14.7 Å². The first-order valence-corrected chi connectivity index (χ1v) is 5.08. The van der Waals surface area contributed by atoms with Crippen LogP contribution in [0.15, 0.2) is 29.4 Å². The highest BCUT2D eigenvalue weighted by atomic mass is 16.5. The van der Waals surface area contributed by atoms with Crippen LogP contribution in [0.4, 0.5) is 0 Å². The van der Waals surface area contributed by atoms with Gasteiger partial charge in [0.1, 0.15) is 17.3 Å². The van der Waals surface area contributed by atoms with E-state index in [0.717, 1.165) is 11.5 Å². The molecule has 0 heterocycles. The lowest BCUT2D eigenvalue weighted by Gasteiger charge is -2.07. The summed E-state index contributed by atoms with van der Waals surface area (Å²) in [6, 6.07) is 7.30. The molecule has 0 saturated heterocycles. The predicted octanol–water partition coefficient (Wildman–Crippen LogP) is 1.60. The normalized spacial score (nSPS) is 11.2. The number of hydrogen-bond acceptors (Lipinski definition) is 4. The molecule has 16 heavy (non-hydrogen) atoms. The van der Waals surface area contributed by atoms with Crippen LogP contribution in [-0.4, -0.2) is 24.3 Å². The molecule has 88 valence electrons. The highest BCUT2D eigenvalue weighted by molar-refractivity contribution is 5.79. The van der Waals surface area contributed by atoms with Crippen molar-refractivity contribution in [3.05, 3.63) is 24.3 Å². The van der Waals surface area contributed by atoms with Crippen molar-refractivity contribution >= 4 is 5.84 Å². The van der Waals surface area contributed by atoms with E-state index in [2.05, 4.69) is 5.16 Å². The van der Waals surface area contributed by atoms with E-state index in [4.69, 9.17) is 20.4 Å². The largest absolute Gasteiger partial charge is 0.494 e. The number of rotatable bonds is 6. The Labute approximate surface area is 94.5 Å². The van der Waals surface area contributed by atoms with E-state index in [-0.39, 0.29) is 5.84 Å². The first-order chi connectivity index (χ1) is 7.76. The van der Waals surface area contributed by atoms with Crippen molar-refractivity contribution in [3.8, 4) is 11.5 Å². The number of oxime groups is 1. The summed E-state index contributed by atoms with van der Waals surface area (Å²) in [6.45, 7) is 2.95. The lowest BCUT2D eigenvalue weighted by atomic mass is 10.3. The molecule has 1 aromatic rings. The maximum Gasteiger partial charge on any atom is 0.142 e. The Bertz CT molecular complexity index is 336. The second-order valence-electron chi connectivity index (χ2n) is 3.09. The third kappa shape index (κ3) is 4.08. The lowest BCUT2D eigenvalue weighted by molar-refractivity contribution is 0.305. The first-order valence-electron chi connectivity index (χ1n) is 5.08. The minimum absolute atomic E-state index is 0.158. The molecule has 0 bridgehead atoms. The Morgan fingerprint density at radius 3 is 2.31 bits per heavy atom. The smallest absolute Gasteiger partial charge is 0.142 e. The van der Waals surface area contributed by atoms with Gasteiger partial charge in [-0.2, -0.15) is 0 Å². The molecule has 0 aliphatic rings. The molecule has 1 rings (SSSR count). The maximum atomic E-state index is 8.32. The number of nitrogens with zero attached hydrogens (tertiary/aromatic N) is 1. The molecule has 5 nitrogen and oxygen atoms in total. The number of hydrogen-bond donors (Lipinski definition) is 2. The van der Waals surface area contributed by atoms with Gasteiger partial charge in [-0.15, -0.1) is 0 Å². The highest BCUT2D eigenvalue weighted by Gasteiger charge is 1.97. The van der Waals surface area contributed by atoms with Crippen molar-refractivity contribution in [1.29, 1.82) is 0 Å². The third-order valence-electron chi connectivity index (χ3n) is 1.89. The quantitative estimate of drug-likeness (QED) is 0.333. The van der Waals surface area contributed by atoms with Gasteiger partial charge in [-0.3, -0.25) is 0 Å². The zero-order chi connectivity index (χ0) is 11.8. The molecule has 0 aromatic heterocycles. The molecule has 0 aliphatic carbocycles. The first kappa shape index (κ1) is 12.2. The molecule has 0 amide bonds. The van der Waals surface area contributed by atoms with E-state index in [1.165, 1.54) is 0 Å². The summed E-state index contributed by atoms with van der Waals surface area (Å²) < 4.78 is 10.7. The SMILES string of the molecule is CCOc1ccc(OCC/C(N)=N/O)cc1. The van der Waals surface area contributed by atoms with Crippen molar-refractivity contribution in [2.75, 3.05) is 13.2 Å². The van der Waals surface area contributed by atoms with E-state index in [1.807, 2.05) is 31.2 Å². The van der Waals surface area contributed by atoms with E-state index in [0.29, 0.717) is 19.6 Å². The summed E-state index contributed by atoms with van der Waals surface area (Å²) in [5.41, 5.74) is 5.30. The zero-order valence-electron chi connectivity index (χ0n) is 9.22. The molecule has 0 radical (unpaired) electrons. The average molecular weight is 224 g/mol. The second kappa shape index (κ2) is 6.55. The van der Waals surface area contributed by atoms with Crippen molar-refractivity contribution in [3.63, 3.8) is 0 Å². The summed E-state index contributed by atoms with van der Waals surface area (Å²) >= 11 is 0. The molecule has 1 aromatic carbocycles. The van der Waals surface area contributed by atoms with Gasteiger partial charge < -0.3 is 20.4 Å². The van der Waals surface area contributed by atoms with Gasteiger partial charge in [-0.25, -0.2) is 0 Å². The summed E-state index contributed by atoms with van der Waals surface area (Å²) in [5, 5.41) is 11.2. The van der Waals surface area contributed by atoms with Crippen LogP contribution in [0.5, 0.6) is 11.5 Å². The Kier molecular flexibility index (Phi) is 4.98. The van der Waals surface area contributed by atoms with Gasteiger partial charge in [0.25, 0.3) is 0 Å². The molecular weight excluding hydrogens is 208 g/mol. The van der Waals surface area contributed by atoms with Gasteiger partial charge in [0, 0.05) is 6.42 Å². The minimum Gasteiger partial charge on any atom is -0.494 e. The number of benzene rings is 1. The fourth-order valence-electron chi connectivity index (χ4n) is 1.12. The molecule has 5 heteroatoms. The fourth-order valence-corrected chi connectivity index (χ4v) is 1.12. The Balaban J connectivity index is 2.37. The monoisotopic (exact) mass is 224 g/mol. The Morgan fingerprint density at radius 1 is 1.25 bits per heavy atom. The van der Waals surface area contributed by atoms with Gasteiger partial charge in [0.15, 0.2) is 0 Å². The fraction of sp³-hybridized carbons (Fsp3) is 0.364. The number of ether oxygens (including phenoxy) is 2. The predicted molar refractivity (Wildman–Crippen MR) is 61.1 cm³/mol. The summed E-state index contributed by atoms with van der Waals surface area (Å²) in [7, 11) is 0. The standard InChI is InChI=1S/C11H16N2O3/c1-2-15-9-3-5-10(6-4-9)16-8-7-11(12)13-14/h3-6,14H,2,7-8H2,1H3,(H2,12,13). The highest BCUT2D eigenvalue weighted by Crippen LogP contribution is 2.17. The van der Waals surface area contributed by atoms with Crippen LogP contribution < -0.4 is 15.2 Å². The molecule has 0 atom stereocenters. The van der Waals surface area contributed by atoms with Crippen LogP contribution >= 0.6 is 0 Å². The zero-order valence-corrected chi connectivity index (χ0v) is 9.22. The Morgan fingerprint density at radius 2 is 1.81 bits per heavy atom. The summed E-state index contributed by atoms with van der Waals surface area (Å²) in [4.78, 5) is 0. The van der Waals surface area contributed by atoms with Crippen LogP contribution in [-0.2, 0) is 0 Å². The van der Waals surface area contributed by atoms with Crippen LogP contribution in [0.25, 0.3) is 0 Å². The van der Waals surface area contributed by atoms with Crippen molar-refractivity contribution in [2.24, 2.45) is 10.9 Å². The van der Waals surface area contributed by atoms with Crippen LogP contribution in [0.3, 0.4) is 0 Å². The molecule has 3 N–H and O–H groups in total. The van der Waals surface area contributed by atoms with Crippen molar-refractivity contribution in [1.82, 2.24) is 0 Å². The van der Waals surface area contributed by atoms with Crippen LogP contribution in [0.1, 0.15) is 13.3 Å². The van der Waals surface area contributed by atoms with Gasteiger partial charge in [-0.1, -0.05) is 5.16 Å². The Hall–Kier alpha value is -1.91. The van der Waals surface area contributed by atoms with Gasteiger partial charge in [-0.05, 0) is 31.2 Å². The van der Waals surface area contributed by atoms with E-state index < -0.39 is 0 Å². The average Bonchev–Trinajstić information content (AvgIpc) is 2.31. The van der Waals surface area contributed by atoms with Gasteiger partial charge in [0.2, 0.25) is 0 Å². The molecule has 0 aliphatic heterocycles. The van der Waals surface area contributed by atoms with Gasteiger partial charge >= 0.3 is 0 Å². The van der Waals surface area contributed by atoms with E-state index >= 15 is 0 Å². The van der Waals surface area contributed by atoms with Crippen molar-refractivity contribution in [2.45, 2.75) is 13.3 Å². The maximum absolute atomic E-state index is 8.32. The topological polar surface area (TPSA) is 77.1 Å². The molecule has 0 fully saturated rings. The second-order valence-corrected chi connectivity index (χ2v) is 3.09. The van der Waals surface area contributed by atoms with E-state index in [9.17, 15) is 0 Å². The minimum atomic E-state index is 0.158. The van der Waals surface area contributed by atoms with Crippen LogP contribution in [0.2, 0.25) is 0 Å². The molecule has 0 spiro atoms. The molecule has 0 unspecified atom stereocenters. The van der Waals surface area contributed by atoms with E-state index in [1.54, 1.807) is 0 Å². The molecule has 0 saturated carbocycles.